The number of aromatic nitrogens is 1. The highest BCUT2D eigenvalue weighted by molar-refractivity contribution is 5.86. The summed E-state index contributed by atoms with van der Waals surface area (Å²) < 4.78 is 2.66. The van der Waals surface area contributed by atoms with E-state index in [9.17, 15) is 0 Å². The van der Waals surface area contributed by atoms with Crippen LogP contribution < -0.4 is 0 Å². The summed E-state index contributed by atoms with van der Waals surface area (Å²) in [6.45, 7) is 7.86. The second-order valence-corrected chi connectivity index (χ2v) is 8.26. The average molecular weight is 345 g/mol. The molecular formula is C24H28N2. The van der Waals surface area contributed by atoms with Crippen molar-refractivity contribution in [2.45, 2.75) is 58.7 Å². The van der Waals surface area contributed by atoms with Crippen molar-refractivity contribution in [3.63, 3.8) is 0 Å². The Kier molecular flexibility index (Phi) is 3.90. The molecule has 0 fully saturated rings. The van der Waals surface area contributed by atoms with Crippen LogP contribution >= 0.6 is 0 Å². The zero-order valence-corrected chi connectivity index (χ0v) is 16.0. The Morgan fingerprint density at radius 2 is 1.85 bits per heavy atom. The number of fused-ring (bicyclic) bond motifs is 3. The quantitative estimate of drug-likeness (QED) is 0.592. The SMILES string of the molecule is Cc1cccc(CN2CCCn3c4c(c5cc(C)ccc53)CCC[C@H]42)c1. The van der Waals surface area contributed by atoms with Gasteiger partial charge < -0.3 is 4.57 Å². The van der Waals surface area contributed by atoms with E-state index in [2.05, 4.69) is 65.8 Å². The Bertz CT molecular complexity index is 962. The molecule has 3 aromatic rings. The van der Waals surface area contributed by atoms with Crippen LogP contribution in [-0.4, -0.2) is 16.0 Å². The standard InChI is InChI=1S/C24H28N2/c1-17-6-3-7-19(14-17)16-25-12-5-13-26-22-11-10-18(2)15-21(22)20-8-4-9-23(25)24(20)26/h3,6-7,10-11,14-15,23H,4-5,8-9,12-13,16H2,1-2H3/t23-/m1/s1. The summed E-state index contributed by atoms with van der Waals surface area (Å²) in [4.78, 5) is 2.75. The molecule has 0 N–H and O–H groups in total. The van der Waals surface area contributed by atoms with Crippen molar-refractivity contribution in [1.29, 1.82) is 0 Å². The van der Waals surface area contributed by atoms with Gasteiger partial charge in [0.15, 0.2) is 0 Å². The number of aryl methyl sites for hydroxylation is 4. The predicted octanol–water partition coefficient (Wildman–Crippen LogP) is 5.54. The first-order valence-electron chi connectivity index (χ1n) is 10.1. The lowest BCUT2D eigenvalue weighted by molar-refractivity contribution is 0.173. The molecule has 26 heavy (non-hydrogen) atoms. The van der Waals surface area contributed by atoms with Crippen LogP contribution in [0.25, 0.3) is 10.9 Å². The van der Waals surface area contributed by atoms with Gasteiger partial charge >= 0.3 is 0 Å². The van der Waals surface area contributed by atoms with Gasteiger partial charge in [0.2, 0.25) is 0 Å². The number of hydrogen-bond donors (Lipinski definition) is 0. The summed E-state index contributed by atoms with van der Waals surface area (Å²) in [5.74, 6) is 0. The van der Waals surface area contributed by atoms with Crippen molar-refractivity contribution in [3.8, 4) is 0 Å². The molecule has 0 amide bonds. The minimum atomic E-state index is 0.578. The highest BCUT2D eigenvalue weighted by atomic mass is 15.2. The highest BCUT2D eigenvalue weighted by Gasteiger charge is 2.33. The third kappa shape index (κ3) is 2.59. The minimum absolute atomic E-state index is 0.578. The van der Waals surface area contributed by atoms with E-state index in [1.165, 1.54) is 59.8 Å². The second kappa shape index (κ2) is 6.28. The van der Waals surface area contributed by atoms with E-state index >= 15 is 0 Å². The highest BCUT2D eigenvalue weighted by Crippen LogP contribution is 2.42. The number of benzene rings is 2. The molecule has 1 aliphatic heterocycles. The van der Waals surface area contributed by atoms with Crippen LogP contribution in [-0.2, 0) is 19.5 Å². The maximum Gasteiger partial charge on any atom is 0.0507 e. The smallest absolute Gasteiger partial charge is 0.0507 e. The molecule has 1 aromatic heterocycles. The summed E-state index contributed by atoms with van der Waals surface area (Å²) >= 11 is 0. The summed E-state index contributed by atoms with van der Waals surface area (Å²) in [6, 6.07) is 16.7. The largest absolute Gasteiger partial charge is 0.343 e. The van der Waals surface area contributed by atoms with E-state index in [4.69, 9.17) is 0 Å². The Morgan fingerprint density at radius 1 is 0.962 bits per heavy atom. The van der Waals surface area contributed by atoms with Gasteiger partial charge in [-0.1, -0.05) is 41.5 Å². The van der Waals surface area contributed by atoms with E-state index in [0.29, 0.717) is 6.04 Å². The maximum atomic E-state index is 2.75. The van der Waals surface area contributed by atoms with Crippen LogP contribution in [0.15, 0.2) is 42.5 Å². The first-order chi connectivity index (χ1) is 12.7. The van der Waals surface area contributed by atoms with Gasteiger partial charge in [-0.3, -0.25) is 4.90 Å². The lowest BCUT2D eigenvalue weighted by atomic mass is 9.90. The van der Waals surface area contributed by atoms with Crippen LogP contribution in [0.5, 0.6) is 0 Å². The van der Waals surface area contributed by atoms with Gasteiger partial charge in [-0.25, -0.2) is 0 Å². The van der Waals surface area contributed by atoms with Gasteiger partial charge in [0.05, 0.1) is 6.04 Å². The minimum Gasteiger partial charge on any atom is -0.343 e. The molecule has 0 radical (unpaired) electrons. The summed E-state index contributed by atoms with van der Waals surface area (Å²) in [7, 11) is 0. The van der Waals surface area contributed by atoms with Crippen LogP contribution in [0.4, 0.5) is 0 Å². The van der Waals surface area contributed by atoms with Gasteiger partial charge in [0, 0.05) is 36.2 Å². The van der Waals surface area contributed by atoms with E-state index in [1.807, 2.05) is 0 Å². The molecule has 2 heteroatoms. The van der Waals surface area contributed by atoms with E-state index < -0.39 is 0 Å². The monoisotopic (exact) mass is 344 g/mol. The molecule has 2 nitrogen and oxygen atoms in total. The number of hydrogen-bond acceptors (Lipinski definition) is 1. The molecule has 0 saturated carbocycles. The third-order valence-corrected chi connectivity index (χ3v) is 6.32. The zero-order chi connectivity index (χ0) is 17.7. The van der Waals surface area contributed by atoms with Crippen LogP contribution in [0.3, 0.4) is 0 Å². The predicted molar refractivity (Wildman–Crippen MR) is 109 cm³/mol. The number of rotatable bonds is 2. The van der Waals surface area contributed by atoms with Crippen molar-refractivity contribution in [3.05, 3.63) is 70.4 Å². The first-order valence-corrected chi connectivity index (χ1v) is 10.1. The maximum absolute atomic E-state index is 2.75. The van der Waals surface area contributed by atoms with Gasteiger partial charge in [-0.2, -0.15) is 0 Å². The fourth-order valence-electron chi connectivity index (χ4n) is 5.23. The molecule has 0 saturated heterocycles. The van der Waals surface area contributed by atoms with E-state index in [-0.39, 0.29) is 0 Å². The van der Waals surface area contributed by atoms with E-state index in [1.54, 1.807) is 11.3 Å². The molecule has 2 aliphatic rings. The lowest BCUT2D eigenvalue weighted by Gasteiger charge is -2.33. The molecule has 2 heterocycles. The van der Waals surface area contributed by atoms with Crippen molar-refractivity contribution >= 4 is 10.9 Å². The van der Waals surface area contributed by atoms with Gasteiger partial charge in [0.1, 0.15) is 0 Å². The fourth-order valence-corrected chi connectivity index (χ4v) is 5.23. The van der Waals surface area contributed by atoms with Crippen molar-refractivity contribution < 1.29 is 0 Å². The molecular weight excluding hydrogens is 316 g/mol. The van der Waals surface area contributed by atoms with Crippen molar-refractivity contribution in [2.75, 3.05) is 6.54 Å². The third-order valence-electron chi connectivity index (χ3n) is 6.32. The van der Waals surface area contributed by atoms with Gasteiger partial charge in [-0.05, 0) is 62.8 Å². The molecule has 0 bridgehead atoms. The molecule has 0 unspecified atom stereocenters. The molecule has 1 atom stereocenters. The molecule has 2 aromatic carbocycles. The van der Waals surface area contributed by atoms with Gasteiger partial charge in [-0.15, -0.1) is 0 Å². The number of nitrogens with zero attached hydrogens (tertiary/aromatic N) is 2. The van der Waals surface area contributed by atoms with Crippen LogP contribution in [0.1, 0.15) is 53.3 Å². The molecule has 134 valence electrons. The Hall–Kier alpha value is -2.06. The summed E-state index contributed by atoms with van der Waals surface area (Å²) in [5, 5.41) is 1.52. The van der Waals surface area contributed by atoms with Crippen LogP contribution in [0.2, 0.25) is 0 Å². The zero-order valence-electron chi connectivity index (χ0n) is 16.0. The average Bonchev–Trinajstić information content (AvgIpc) is 2.82. The Labute approximate surface area is 156 Å². The first kappa shape index (κ1) is 16.1. The van der Waals surface area contributed by atoms with Gasteiger partial charge in [0.25, 0.3) is 0 Å². The second-order valence-electron chi connectivity index (χ2n) is 8.26. The molecule has 1 aliphatic carbocycles. The van der Waals surface area contributed by atoms with E-state index in [0.717, 1.165) is 13.1 Å². The Balaban J connectivity index is 1.60. The van der Waals surface area contributed by atoms with Crippen molar-refractivity contribution in [1.82, 2.24) is 9.47 Å². The molecule has 0 spiro atoms. The fraction of sp³-hybridized carbons (Fsp3) is 0.417. The lowest BCUT2D eigenvalue weighted by Crippen LogP contribution is -2.31. The van der Waals surface area contributed by atoms with Crippen molar-refractivity contribution in [2.24, 2.45) is 0 Å². The summed E-state index contributed by atoms with van der Waals surface area (Å²) in [6.07, 6.45) is 5.10. The molecule has 5 rings (SSSR count). The summed E-state index contributed by atoms with van der Waals surface area (Å²) in [5.41, 5.74) is 8.93. The topological polar surface area (TPSA) is 8.17 Å². The Morgan fingerprint density at radius 3 is 2.73 bits per heavy atom. The van der Waals surface area contributed by atoms with Crippen LogP contribution in [0, 0.1) is 13.8 Å². The normalized spacial score (nSPS) is 20.2.